The van der Waals surface area contributed by atoms with Crippen LogP contribution in [0.25, 0.3) is 10.8 Å². The average Bonchev–Trinajstić information content (AvgIpc) is 3.15. The highest BCUT2D eigenvalue weighted by atomic mass is 19.1. The van der Waals surface area contributed by atoms with E-state index in [9.17, 15) is 14.4 Å². The normalized spacial score (nSPS) is 19.1. The highest BCUT2D eigenvalue weighted by Crippen LogP contribution is 2.33. The van der Waals surface area contributed by atoms with Crippen molar-refractivity contribution in [2.75, 3.05) is 13.7 Å². The van der Waals surface area contributed by atoms with Crippen molar-refractivity contribution < 1.29 is 18.7 Å². The maximum Gasteiger partial charge on any atom is 0.255 e. The van der Waals surface area contributed by atoms with Crippen LogP contribution in [0.4, 0.5) is 4.39 Å². The molecule has 3 atom stereocenters. The van der Waals surface area contributed by atoms with Crippen LogP contribution < -0.4 is 14.8 Å². The number of alkyl halides is 1. The van der Waals surface area contributed by atoms with E-state index >= 15 is 0 Å². The predicted molar refractivity (Wildman–Crippen MR) is 122 cm³/mol. The minimum atomic E-state index is -1.49. The quantitative estimate of drug-likeness (QED) is 0.565. The van der Waals surface area contributed by atoms with Gasteiger partial charge in [0.25, 0.3) is 5.91 Å². The molecule has 0 radical (unpaired) electrons. The third kappa shape index (κ3) is 4.60. The minimum absolute atomic E-state index is 0.225. The lowest BCUT2D eigenvalue weighted by Crippen LogP contribution is -2.30. The monoisotopic (exact) mass is 459 g/mol. The van der Waals surface area contributed by atoms with Crippen LogP contribution >= 0.6 is 0 Å². The zero-order chi connectivity index (χ0) is 24.1. The Hall–Kier alpha value is -4.24. The first-order chi connectivity index (χ1) is 16.5. The van der Waals surface area contributed by atoms with Gasteiger partial charge in [0.1, 0.15) is 17.5 Å². The summed E-state index contributed by atoms with van der Waals surface area (Å²) in [4.78, 5) is 24.3. The Balaban J connectivity index is 1.64. The van der Waals surface area contributed by atoms with Gasteiger partial charge in [0, 0.05) is 47.7 Å². The summed E-state index contributed by atoms with van der Waals surface area (Å²) in [5.74, 6) is 5.75. The van der Waals surface area contributed by atoms with Crippen LogP contribution in [0.15, 0.2) is 36.9 Å². The lowest BCUT2D eigenvalue weighted by atomic mass is 9.94. The molecule has 2 aromatic heterocycles. The number of carbonyl (C=O) groups is 1. The molecular weight excluding hydrogens is 437 g/mol. The fourth-order valence-electron chi connectivity index (χ4n) is 4.04. The van der Waals surface area contributed by atoms with Crippen LogP contribution in [-0.2, 0) is 4.79 Å². The number of benzene rings is 1. The number of halogens is 1. The number of amides is 1. The molecule has 9 heteroatoms. The Labute approximate surface area is 196 Å². The summed E-state index contributed by atoms with van der Waals surface area (Å²) in [6.45, 7) is 2.09. The molecule has 1 aliphatic heterocycles. The number of ether oxygens (including phenoxy) is 2. The summed E-state index contributed by atoms with van der Waals surface area (Å²) in [5.41, 5.74) is 1.44. The van der Waals surface area contributed by atoms with Gasteiger partial charge in [0.05, 0.1) is 31.0 Å². The van der Waals surface area contributed by atoms with Gasteiger partial charge < -0.3 is 14.8 Å². The van der Waals surface area contributed by atoms with E-state index < -0.39 is 12.1 Å². The fraction of sp³-hybridized carbons (Fsp3) is 0.320. The molecule has 1 saturated heterocycles. The largest absolute Gasteiger partial charge is 0.495 e. The van der Waals surface area contributed by atoms with E-state index in [-0.39, 0.29) is 18.6 Å². The average molecular weight is 459 g/mol. The first-order valence-electron chi connectivity index (χ1n) is 10.8. The van der Waals surface area contributed by atoms with Gasteiger partial charge in [-0.25, -0.2) is 14.4 Å². The Morgan fingerprint density at radius 3 is 2.71 bits per heavy atom. The second-order valence-corrected chi connectivity index (χ2v) is 7.75. The van der Waals surface area contributed by atoms with Crippen molar-refractivity contribution in [2.24, 2.45) is 5.92 Å². The van der Waals surface area contributed by atoms with E-state index in [1.54, 1.807) is 36.9 Å². The third-order valence-corrected chi connectivity index (χ3v) is 5.79. The Kier molecular flexibility index (Phi) is 6.84. The highest BCUT2D eigenvalue weighted by Gasteiger charge is 2.41. The van der Waals surface area contributed by atoms with Gasteiger partial charge in [0.15, 0.2) is 6.17 Å². The van der Waals surface area contributed by atoms with E-state index in [1.165, 1.54) is 7.11 Å². The van der Waals surface area contributed by atoms with Crippen LogP contribution in [0.2, 0.25) is 0 Å². The number of hydrogen-bond acceptors (Lipinski definition) is 7. The van der Waals surface area contributed by atoms with Crippen molar-refractivity contribution in [1.82, 2.24) is 20.3 Å². The molecule has 1 aromatic carbocycles. The van der Waals surface area contributed by atoms with E-state index in [1.807, 2.05) is 6.92 Å². The van der Waals surface area contributed by atoms with Gasteiger partial charge in [-0.1, -0.05) is 12.8 Å². The number of hydrogen-bond donors (Lipinski definition) is 1. The topological polar surface area (TPSA) is 110 Å². The minimum Gasteiger partial charge on any atom is -0.495 e. The van der Waals surface area contributed by atoms with Crippen molar-refractivity contribution in [3.8, 4) is 29.5 Å². The number of carbonyl (C=O) groups excluding carboxylic acids is 1. The maximum absolute atomic E-state index is 14.1. The summed E-state index contributed by atoms with van der Waals surface area (Å²) in [7, 11) is 1.48. The van der Waals surface area contributed by atoms with Gasteiger partial charge >= 0.3 is 0 Å². The lowest BCUT2D eigenvalue weighted by Gasteiger charge is -2.18. The van der Waals surface area contributed by atoms with Crippen molar-refractivity contribution in [2.45, 2.75) is 32.0 Å². The summed E-state index contributed by atoms with van der Waals surface area (Å²) in [6.07, 6.45) is 5.74. The van der Waals surface area contributed by atoms with E-state index in [4.69, 9.17) is 9.47 Å². The second kappa shape index (κ2) is 10.1. The zero-order valence-electron chi connectivity index (χ0n) is 18.7. The van der Waals surface area contributed by atoms with Gasteiger partial charge in [0.2, 0.25) is 5.88 Å². The van der Waals surface area contributed by atoms with Crippen LogP contribution in [0.1, 0.15) is 36.6 Å². The molecule has 0 aliphatic carbocycles. The first-order valence-corrected chi connectivity index (χ1v) is 10.8. The van der Waals surface area contributed by atoms with Crippen LogP contribution in [0.5, 0.6) is 11.6 Å². The molecule has 1 aliphatic rings. The van der Waals surface area contributed by atoms with Crippen molar-refractivity contribution in [3.63, 3.8) is 0 Å². The number of nitrogens with zero attached hydrogens (tertiary/aromatic N) is 4. The Bertz CT molecular complexity index is 1310. The number of aromatic nitrogens is 3. The number of pyridine rings is 1. The number of nitrogens with one attached hydrogen (secondary N) is 1. The number of methoxy groups -OCH3 is 1. The molecule has 4 rings (SSSR count). The molecule has 1 fully saturated rings. The van der Waals surface area contributed by atoms with Gasteiger partial charge in [-0.05, 0) is 24.5 Å². The zero-order valence-corrected chi connectivity index (χ0v) is 18.7. The van der Waals surface area contributed by atoms with Crippen molar-refractivity contribution in [3.05, 3.63) is 53.7 Å². The third-order valence-electron chi connectivity index (χ3n) is 5.79. The molecule has 0 saturated carbocycles. The molecule has 34 heavy (non-hydrogen) atoms. The van der Waals surface area contributed by atoms with E-state index in [0.717, 1.165) is 0 Å². The van der Waals surface area contributed by atoms with Crippen molar-refractivity contribution in [1.29, 1.82) is 5.26 Å². The first kappa shape index (κ1) is 22.9. The Morgan fingerprint density at radius 1 is 1.15 bits per heavy atom. The number of rotatable bonds is 6. The number of nitriles is 1. The summed E-state index contributed by atoms with van der Waals surface area (Å²) < 4.78 is 25.4. The molecule has 3 heterocycles. The van der Waals surface area contributed by atoms with Gasteiger partial charge in [-0.3, -0.25) is 9.78 Å². The Morgan fingerprint density at radius 2 is 2.00 bits per heavy atom. The molecule has 8 nitrogen and oxygen atoms in total. The summed E-state index contributed by atoms with van der Waals surface area (Å²) in [5, 5.41) is 13.5. The molecule has 1 amide bonds. The van der Waals surface area contributed by atoms with Crippen LogP contribution in [0, 0.1) is 29.1 Å². The molecule has 0 bridgehead atoms. The fourth-order valence-corrected chi connectivity index (χ4v) is 4.04. The SMILES string of the molecule is CC[C@@H]1[C@H](F)C(=O)N[C@@H]1CCOc1ncc(C#Cc2cnccn2)c2cc(C#N)c(OC)cc12. The predicted octanol–water partition coefficient (Wildman–Crippen LogP) is 2.94. The van der Waals surface area contributed by atoms with Crippen LogP contribution in [0.3, 0.4) is 0 Å². The molecule has 172 valence electrons. The molecular formula is C25H22FN5O3. The molecule has 0 spiro atoms. The van der Waals surface area contributed by atoms with Gasteiger partial charge in [-0.2, -0.15) is 5.26 Å². The number of fused-ring (bicyclic) bond motifs is 1. The summed E-state index contributed by atoms with van der Waals surface area (Å²) >= 11 is 0. The highest BCUT2D eigenvalue weighted by molar-refractivity contribution is 5.94. The van der Waals surface area contributed by atoms with Crippen LogP contribution in [-0.4, -0.2) is 46.8 Å². The molecule has 1 N–H and O–H groups in total. The smallest absolute Gasteiger partial charge is 0.255 e. The lowest BCUT2D eigenvalue weighted by molar-refractivity contribution is -0.123. The molecule has 3 aromatic rings. The van der Waals surface area contributed by atoms with Crippen molar-refractivity contribution >= 4 is 16.7 Å². The molecule has 0 unspecified atom stereocenters. The second-order valence-electron chi connectivity index (χ2n) is 7.75. The van der Waals surface area contributed by atoms with E-state index in [0.29, 0.717) is 52.1 Å². The summed E-state index contributed by atoms with van der Waals surface area (Å²) in [6, 6.07) is 5.20. The van der Waals surface area contributed by atoms with Gasteiger partial charge in [-0.15, -0.1) is 0 Å². The maximum atomic E-state index is 14.1. The standard InChI is InChI=1S/C25H22FN5O3/c1-3-18-21(31-24(32)23(18)26)6-9-34-25-20-11-22(33-2)16(12-27)10-19(20)15(13-30-25)4-5-17-14-28-7-8-29-17/h7-8,10-11,13-14,18,21,23H,3,6,9H2,1-2H3,(H,31,32)/t18-,21+,23-/m0/s1. The van der Waals surface area contributed by atoms with E-state index in [2.05, 4.69) is 38.2 Å².